The van der Waals surface area contributed by atoms with Gasteiger partial charge in [0, 0.05) is 19.1 Å². The van der Waals surface area contributed by atoms with Gasteiger partial charge in [-0.25, -0.2) is 9.97 Å². The minimum Gasteiger partial charge on any atom is -0.355 e. The van der Waals surface area contributed by atoms with Crippen molar-refractivity contribution in [1.82, 2.24) is 14.9 Å². The SMILES string of the molecule is Brc1cnc(N2CCC3(CC2)CCN(C2CCC2)CC3)cn1. The first kappa shape index (κ1) is 14.9. The van der Waals surface area contributed by atoms with Crippen LogP contribution in [0.25, 0.3) is 0 Å². The van der Waals surface area contributed by atoms with Crippen LogP contribution in [0.1, 0.15) is 44.9 Å². The molecule has 4 nitrogen and oxygen atoms in total. The van der Waals surface area contributed by atoms with E-state index < -0.39 is 0 Å². The smallest absolute Gasteiger partial charge is 0.147 e. The van der Waals surface area contributed by atoms with Crippen LogP contribution in [0.15, 0.2) is 17.0 Å². The maximum absolute atomic E-state index is 4.50. The molecule has 2 aliphatic heterocycles. The molecule has 0 bridgehead atoms. The summed E-state index contributed by atoms with van der Waals surface area (Å²) < 4.78 is 0.813. The second kappa shape index (κ2) is 6.08. The van der Waals surface area contributed by atoms with Crippen molar-refractivity contribution in [2.45, 2.75) is 51.0 Å². The molecule has 3 fully saturated rings. The number of hydrogen-bond acceptors (Lipinski definition) is 4. The van der Waals surface area contributed by atoms with Crippen molar-refractivity contribution in [2.75, 3.05) is 31.1 Å². The van der Waals surface area contributed by atoms with Crippen molar-refractivity contribution in [2.24, 2.45) is 5.41 Å². The van der Waals surface area contributed by atoms with Crippen molar-refractivity contribution in [3.05, 3.63) is 17.0 Å². The van der Waals surface area contributed by atoms with Crippen molar-refractivity contribution < 1.29 is 0 Å². The van der Waals surface area contributed by atoms with E-state index in [2.05, 4.69) is 35.7 Å². The summed E-state index contributed by atoms with van der Waals surface area (Å²) in [6.07, 6.45) is 13.5. The number of rotatable bonds is 2. The van der Waals surface area contributed by atoms with Crippen LogP contribution >= 0.6 is 15.9 Å². The molecular formula is C17H25BrN4. The van der Waals surface area contributed by atoms with Crippen LogP contribution in [-0.4, -0.2) is 47.1 Å². The van der Waals surface area contributed by atoms with E-state index >= 15 is 0 Å². The van der Waals surface area contributed by atoms with Crippen molar-refractivity contribution in [3.63, 3.8) is 0 Å². The van der Waals surface area contributed by atoms with E-state index in [9.17, 15) is 0 Å². The monoisotopic (exact) mass is 364 g/mol. The normalized spacial score (nSPS) is 26.1. The molecule has 4 rings (SSSR count). The average molecular weight is 365 g/mol. The first-order chi connectivity index (χ1) is 10.7. The molecule has 0 amide bonds. The Morgan fingerprint density at radius 1 is 0.955 bits per heavy atom. The summed E-state index contributed by atoms with van der Waals surface area (Å²) in [6.45, 7) is 4.95. The first-order valence-electron chi connectivity index (χ1n) is 8.71. The van der Waals surface area contributed by atoms with E-state index in [1.807, 2.05) is 6.20 Å². The molecule has 1 spiro atoms. The zero-order valence-electron chi connectivity index (χ0n) is 13.2. The molecule has 0 unspecified atom stereocenters. The van der Waals surface area contributed by atoms with Gasteiger partial charge in [-0.1, -0.05) is 6.42 Å². The van der Waals surface area contributed by atoms with Gasteiger partial charge in [-0.2, -0.15) is 0 Å². The lowest BCUT2D eigenvalue weighted by Gasteiger charge is -2.50. The van der Waals surface area contributed by atoms with Crippen LogP contribution in [0.3, 0.4) is 0 Å². The summed E-state index contributed by atoms with van der Waals surface area (Å²) in [5.41, 5.74) is 0.611. The Morgan fingerprint density at radius 3 is 2.18 bits per heavy atom. The van der Waals surface area contributed by atoms with Gasteiger partial charge in [0.15, 0.2) is 0 Å². The first-order valence-corrected chi connectivity index (χ1v) is 9.50. The van der Waals surface area contributed by atoms with Crippen molar-refractivity contribution >= 4 is 21.7 Å². The molecule has 0 atom stereocenters. The molecule has 1 aromatic rings. The number of piperidine rings is 2. The lowest BCUT2D eigenvalue weighted by Crippen LogP contribution is -2.51. The van der Waals surface area contributed by atoms with Crippen LogP contribution in [0.4, 0.5) is 5.82 Å². The average Bonchev–Trinajstić information content (AvgIpc) is 2.50. The van der Waals surface area contributed by atoms with Gasteiger partial charge in [-0.05, 0) is 73.0 Å². The molecule has 3 heterocycles. The highest BCUT2D eigenvalue weighted by Crippen LogP contribution is 2.43. The molecule has 2 saturated heterocycles. The van der Waals surface area contributed by atoms with Crippen LogP contribution in [0, 0.1) is 5.41 Å². The van der Waals surface area contributed by atoms with Crippen molar-refractivity contribution in [3.8, 4) is 0 Å². The second-order valence-electron chi connectivity index (χ2n) is 7.31. The maximum atomic E-state index is 4.50. The fraction of sp³-hybridized carbons (Fsp3) is 0.765. The number of nitrogens with zero attached hydrogens (tertiary/aromatic N) is 4. The largest absolute Gasteiger partial charge is 0.355 e. The molecule has 5 heteroatoms. The summed E-state index contributed by atoms with van der Waals surface area (Å²) in [6, 6.07) is 0.926. The second-order valence-corrected chi connectivity index (χ2v) is 8.12. The zero-order chi connectivity index (χ0) is 15.0. The Balaban J connectivity index is 1.32. The molecule has 120 valence electrons. The molecule has 0 N–H and O–H groups in total. The van der Waals surface area contributed by atoms with Gasteiger partial charge < -0.3 is 9.80 Å². The van der Waals surface area contributed by atoms with Gasteiger partial charge in [-0.15, -0.1) is 0 Å². The van der Waals surface area contributed by atoms with Gasteiger partial charge in [0.25, 0.3) is 0 Å². The van der Waals surface area contributed by atoms with Gasteiger partial charge in [0.1, 0.15) is 10.4 Å². The van der Waals surface area contributed by atoms with Crippen molar-refractivity contribution in [1.29, 1.82) is 0 Å². The third-order valence-corrected chi connectivity index (χ3v) is 6.61. The quantitative estimate of drug-likeness (QED) is 0.803. The number of hydrogen-bond donors (Lipinski definition) is 0. The van der Waals surface area contributed by atoms with Gasteiger partial charge in [0.05, 0.1) is 12.4 Å². The summed E-state index contributed by atoms with van der Waals surface area (Å²) in [7, 11) is 0. The maximum Gasteiger partial charge on any atom is 0.147 e. The lowest BCUT2D eigenvalue weighted by molar-refractivity contribution is 0.0305. The molecule has 1 aromatic heterocycles. The summed E-state index contributed by atoms with van der Waals surface area (Å²) in [5, 5.41) is 0. The summed E-state index contributed by atoms with van der Waals surface area (Å²) >= 11 is 3.36. The molecule has 0 aromatic carbocycles. The number of anilines is 1. The van der Waals surface area contributed by atoms with Gasteiger partial charge in [-0.3, -0.25) is 0 Å². The predicted molar refractivity (Wildman–Crippen MR) is 92.1 cm³/mol. The van der Waals surface area contributed by atoms with Gasteiger partial charge >= 0.3 is 0 Å². The van der Waals surface area contributed by atoms with E-state index in [4.69, 9.17) is 0 Å². The Kier molecular flexibility index (Phi) is 4.11. The third kappa shape index (κ3) is 2.90. The highest BCUT2D eigenvalue weighted by molar-refractivity contribution is 9.10. The zero-order valence-corrected chi connectivity index (χ0v) is 14.8. The summed E-state index contributed by atoms with van der Waals surface area (Å²) in [4.78, 5) is 14.0. The Morgan fingerprint density at radius 2 is 1.64 bits per heavy atom. The molecule has 1 aliphatic carbocycles. The topological polar surface area (TPSA) is 32.3 Å². The van der Waals surface area contributed by atoms with Gasteiger partial charge in [0.2, 0.25) is 0 Å². The fourth-order valence-corrected chi connectivity index (χ4v) is 4.50. The summed E-state index contributed by atoms with van der Waals surface area (Å²) in [5.74, 6) is 1.03. The highest BCUT2D eigenvalue weighted by Gasteiger charge is 2.39. The number of likely N-dealkylation sites (tertiary alicyclic amines) is 1. The minimum absolute atomic E-state index is 0.611. The third-order valence-electron chi connectivity index (χ3n) is 6.20. The van der Waals surface area contributed by atoms with E-state index in [0.29, 0.717) is 5.41 Å². The fourth-order valence-electron chi connectivity index (χ4n) is 4.29. The lowest BCUT2D eigenvalue weighted by atomic mass is 9.70. The van der Waals surface area contributed by atoms with E-state index in [0.717, 1.165) is 29.6 Å². The molecule has 3 aliphatic rings. The standard InChI is InChI=1S/C17H25BrN4/c18-15-12-20-16(13-19-15)22-10-6-17(7-11-22)4-8-21(9-5-17)14-2-1-3-14/h12-14H,1-11H2. The Bertz CT molecular complexity index is 496. The van der Waals surface area contributed by atoms with Crippen LogP contribution in [0.5, 0.6) is 0 Å². The van der Waals surface area contributed by atoms with E-state index in [1.54, 1.807) is 6.20 Å². The Labute approximate surface area is 141 Å². The minimum atomic E-state index is 0.611. The number of halogens is 1. The molecule has 22 heavy (non-hydrogen) atoms. The van der Waals surface area contributed by atoms with Crippen LogP contribution in [-0.2, 0) is 0 Å². The van der Waals surface area contributed by atoms with E-state index in [1.165, 1.54) is 58.0 Å². The highest BCUT2D eigenvalue weighted by atomic mass is 79.9. The Hall–Kier alpha value is -0.680. The molecule has 0 radical (unpaired) electrons. The van der Waals surface area contributed by atoms with Crippen LogP contribution < -0.4 is 4.90 Å². The predicted octanol–water partition coefficient (Wildman–Crippen LogP) is 3.47. The molecule has 1 saturated carbocycles. The van der Waals surface area contributed by atoms with Crippen LogP contribution in [0.2, 0.25) is 0 Å². The molecular weight excluding hydrogens is 340 g/mol. The number of aromatic nitrogens is 2. The van der Waals surface area contributed by atoms with E-state index in [-0.39, 0.29) is 0 Å².